The molecule has 0 bridgehead atoms. The maximum atomic E-state index is 12.0. The minimum Gasteiger partial charge on any atom is -0.481 e. The van der Waals surface area contributed by atoms with Crippen LogP contribution in [0, 0.1) is 0 Å². The van der Waals surface area contributed by atoms with Gasteiger partial charge in [0, 0.05) is 24.1 Å². The van der Waals surface area contributed by atoms with Gasteiger partial charge in [0.2, 0.25) is 0 Å². The average Bonchev–Trinajstić information content (AvgIpc) is 2.40. The van der Waals surface area contributed by atoms with Crippen LogP contribution in [0.5, 0.6) is 0 Å². The molecule has 110 valence electrons. The lowest BCUT2D eigenvalue weighted by atomic mass is 10.2. The van der Waals surface area contributed by atoms with Gasteiger partial charge in [-0.2, -0.15) is 0 Å². The first-order valence-electron chi connectivity index (χ1n) is 6.52. The van der Waals surface area contributed by atoms with Crippen molar-refractivity contribution in [2.24, 2.45) is 0 Å². The molecule has 0 fully saturated rings. The highest BCUT2D eigenvalue weighted by atomic mass is 79.9. The fraction of sp³-hybridized carbons (Fsp3) is 0.429. The highest BCUT2D eigenvalue weighted by Gasteiger charge is 2.14. The number of halogens is 1. The van der Waals surface area contributed by atoms with Gasteiger partial charge in [-0.3, -0.25) is 4.79 Å². The second kappa shape index (κ2) is 8.58. The summed E-state index contributed by atoms with van der Waals surface area (Å²) in [4.78, 5) is 24.2. The lowest BCUT2D eigenvalue weighted by Gasteiger charge is -2.23. The number of rotatable bonds is 7. The highest BCUT2D eigenvalue weighted by molar-refractivity contribution is 9.10. The predicted octanol–water partition coefficient (Wildman–Crippen LogP) is 2.85. The van der Waals surface area contributed by atoms with Crippen LogP contribution in [-0.2, 0) is 11.3 Å². The summed E-state index contributed by atoms with van der Waals surface area (Å²) in [5, 5.41) is 11.2. The van der Waals surface area contributed by atoms with Crippen LogP contribution in [0.4, 0.5) is 4.79 Å². The largest absolute Gasteiger partial charge is 0.481 e. The topological polar surface area (TPSA) is 69.6 Å². The number of amides is 2. The van der Waals surface area contributed by atoms with E-state index in [1.54, 1.807) is 4.90 Å². The summed E-state index contributed by atoms with van der Waals surface area (Å²) in [6.07, 6.45) is 0.775. The molecule has 0 saturated carbocycles. The molecule has 5 nitrogen and oxygen atoms in total. The Balaban J connectivity index is 2.61. The SMILES string of the molecule is CCCN(Cc1ccccc1Br)C(=O)NCCC(=O)O. The molecule has 0 aromatic heterocycles. The van der Waals surface area contributed by atoms with Gasteiger partial charge < -0.3 is 15.3 Å². The number of nitrogens with one attached hydrogen (secondary N) is 1. The Morgan fingerprint density at radius 2 is 2.05 bits per heavy atom. The van der Waals surface area contributed by atoms with E-state index in [0.29, 0.717) is 13.1 Å². The van der Waals surface area contributed by atoms with Gasteiger partial charge in [0.25, 0.3) is 0 Å². The summed E-state index contributed by atoms with van der Waals surface area (Å²) in [5.41, 5.74) is 1.02. The van der Waals surface area contributed by atoms with E-state index in [9.17, 15) is 9.59 Å². The van der Waals surface area contributed by atoms with Gasteiger partial charge in [-0.15, -0.1) is 0 Å². The van der Waals surface area contributed by atoms with Gasteiger partial charge in [-0.05, 0) is 18.1 Å². The second-order valence-electron chi connectivity index (χ2n) is 4.39. The van der Waals surface area contributed by atoms with Crippen LogP contribution in [0.2, 0.25) is 0 Å². The zero-order valence-electron chi connectivity index (χ0n) is 11.4. The number of carboxylic acid groups (broad SMARTS) is 1. The van der Waals surface area contributed by atoms with Crippen molar-refractivity contribution >= 4 is 27.9 Å². The molecule has 2 amide bonds. The quantitative estimate of drug-likeness (QED) is 0.800. The van der Waals surface area contributed by atoms with Crippen LogP contribution >= 0.6 is 15.9 Å². The van der Waals surface area contributed by atoms with E-state index < -0.39 is 5.97 Å². The van der Waals surface area contributed by atoms with Crippen LogP contribution in [-0.4, -0.2) is 35.1 Å². The first-order chi connectivity index (χ1) is 9.54. The van der Waals surface area contributed by atoms with Crippen LogP contribution in [0.3, 0.4) is 0 Å². The summed E-state index contributed by atoms with van der Waals surface area (Å²) in [7, 11) is 0. The molecule has 1 aromatic carbocycles. The summed E-state index contributed by atoms with van der Waals surface area (Å²) in [6, 6.07) is 7.50. The first-order valence-corrected chi connectivity index (χ1v) is 7.32. The number of benzene rings is 1. The van der Waals surface area contributed by atoms with Crippen molar-refractivity contribution in [3.63, 3.8) is 0 Å². The normalized spacial score (nSPS) is 10.1. The maximum Gasteiger partial charge on any atom is 0.317 e. The smallest absolute Gasteiger partial charge is 0.317 e. The van der Waals surface area contributed by atoms with Crippen LogP contribution in [0.1, 0.15) is 25.3 Å². The Morgan fingerprint density at radius 3 is 2.65 bits per heavy atom. The fourth-order valence-electron chi connectivity index (χ4n) is 1.74. The first kappa shape index (κ1) is 16.5. The van der Waals surface area contributed by atoms with Gasteiger partial charge in [0.05, 0.1) is 6.42 Å². The Hall–Kier alpha value is -1.56. The fourth-order valence-corrected chi connectivity index (χ4v) is 2.15. The molecule has 0 saturated heterocycles. The van der Waals surface area contributed by atoms with Gasteiger partial charge in [-0.25, -0.2) is 4.79 Å². The number of aliphatic carboxylic acids is 1. The van der Waals surface area contributed by atoms with E-state index in [-0.39, 0.29) is 19.0 Å². The minimum atomic E-state index is -0.918. The van der Waals surface area contributed by atoms with Crippen molar-refractivity contribution < 1.29 is 14.7 Å². The van der Waals surface area contributed by atoms with Gasteiger partial charge in [-0.1, -0.05) is 41.1 Å². The number of carbonyl (C=O) groups is 2. The van der Waals surface area contributed by atoms with Crippen LogP contribution < -0.4 is 5.32 Å². The Kier molecular flexibility index (Phi) is 7.08. The van der Waals surface area contributed by atoms with E-state index in [1.807, 2.05) is 31.2 Å². The van der Waals surface area contributed by atoms with E-state index in [2.05, 4.69) is 21.2 Å². The number of carbonyl (C=O) groups excluding carboxylic acids is 1. The molecule has 1 aromatic rings. The molecule has 0 spiro atoms. The summed E-state index contributed by atoms with van der Waals surface area (Å²) < 4.78 is 0.958. The van der Waals surface area contributed by atoms with Gasteiger partial charge in [0.15, 0.2) is 0 Å². The van der Waals surface area contributed by atoms with E-state index in [1.165, 1.54) is 0 Å². The average molecular weight is 343 g/mol. The van der Waals surface area contributed by atoms with E-state index in [4.69, 9.17) is 5.11 Å². The second-order valence-corrected chi connectivity index (χ2v) is 5.24. The molecule has 0 heterocycles. The maximum absolute atomic E-state index is 12.0. The molecule has 0 atom stereocenters. The van der Waals surface area contributed by atoms with E-state index >= 15 is 0 Å². The minimum absolute atomic E-state index is 0.0687. The zero-order valence-corrected chi connectivity index (χ0v) is 13.0. The molecular weight excluding hydrogens is 324 g/mol. The number of nitrogens with zero attached hydrogens (tertiary/aromatic N) is 1. The molecule has 2 N–H and O–H groups in total. The summed E-state index contributed by atoms with van der Waals surface area (Å²) in [5.74, 6) is -0.918. The van der Waals surface area contributed by atoms with Crippen LogP contribution in [0.15, 0.2) is 28.7 Å². The number of urea groups is 1. The monoisotopic (exact) mass is 342 g/mol. The molecule has 6 heteroatoms. The summed E-state index contributed by atoms with van der Waals surface area (Å²) >= 11 is 3.46. The van der Waals surface area contributed by atoms with Crippen molar-refractivity contribution in [1.82, 2.24) is 10.2 Å². The zero-order chi connectivity index (χ0) is 15.0. The molecule has 0 aliphatic heterocycles. The standard InChI is InChI=1S/C14H19BrN2O3/c1-2-9-17(14(20)16-8-7-13(18)19)10-11-5-3-4-6-12(11)15/h3-6H,2,7-10H2,1H3,(H,16,20)(H,18,19). The predicted molar refractivity (Wildman–Crippen MR) is 80.5 cm³/mol. The van der Waals surface area contributed by atoms with Crippen LogP contribution in [0.25, 0.3) is 0 Å². The van der Waals surface area contributed by atoms with Crippen molar-refractivity contribution in [2.75, 3.05) is 13.1 Å². The molecular formula is C14H19BrN2O3. The number of hydrogen-bond acceptors (Lipinski definition) is 2. The van der Waals surface area contributed by atoms with Crippen molar-refractivity contribution in [3.8, 4) is 0 Å². The Morgan fingerprint density at radius 1 is 1.35 bits per heavy atom. The highest BCUT2D eigenvalue weighted by Crippen LogP contribution is 2.18. The van der Waals surface area contributed by atoms with Crippen molar-refractivity contribution in [1.29, 1.82) is 0 Å². The third-order valence-electron chi connectivity index (χ3n) is 2.71. The molecule has 0 aliphatic rings. The summed E-state index contributed by atoms with van der Waals surface area (Å²) in [6.45, 7) is 3.26. The molecule has 0 radical (unpaired) electrons. The van der Waals surface area contributed by atoms with Gasteiger partial charge in [0.1, 0.15) is 0 Å². The third-order valence-corrected chi connectivity index (χ3v) is 3.49. The van der Waals surface area contributed by atoms with Gasteiger partial charge >= 0.3 is 12.0 Å². The molecule has 0 aliphatic carbocycles. The molecule has 20 heavy (non-hydrogen) atoms. The van der Waals surface area contributed by atoms with Crippen molar-refractivity contribution in [3.05, 3.63) is 34.3 Å². The molecule has 1 rings (SSSR count). The Labute approximate surface area is 127 Å². The lowest BCUT2D eigenvalue weighted by Crippen LogP contribution is -2.40. The Bertz CT molecular complexity index is 465. The lowest BCUT2D eigenvalue weighted by molar-refractivity contribution is -0.136. The number of hydrogen-bond donors (Lipinski definition) is 2. The third kappa shape index (κ3) is 5.61. The van der Waals surface area contributed by atoms with E-state index in [0.717, 1.165) is 16.5 Å². The molecule has 0 unspecified atom stereocenters. The van der Waals surface area contributed by atoms with Crippen molar-refractivity contribution in [2.45, 2.75) is 26.3 Å². The number of carboxylic acids is 1.